The first-order valence-electron chi connectivity index (χ1n) is 11.9. The lowest BCUT2D eigenvalue weighted by molar-refractivity contribution is -0.113. The highest BCUT2D eigenvalue weighted by atomic mass is 32.2. The van der Waals surface area contributed by atoms with Gasteiger partial charge in [0.15, 0.2) is 11.5 Å². The van der Waals surface area contributed by atoms with Gasteiger partial charge in [0.25, 0.3) is 0 Å². The fourth-order valence-corrected chi connectivity index (χ4v) is 5.19. The predicted molar refractivity (Wildman–Crippen MR) is 143 cm³/mol. The van der Waals surface area contributed by atoms with Crippen LogP contribution in [0.1, 0.15) is 32.7 Å². The number of nitrogens with one attached hydrogen (secondary N) is 2. The summed E-state index contributed by atoms with van der Waals surface area (Å²) >= 11 is 1.08. The molecule has 2 aromatic heterocycles. The average Bonchev–Trinajstić information content (AvgIpc) is 3.66. The van der Waals surface area contributed by atoms with Crippen LogP contribution in [0.25, 0.3) is 23.1 Å². The Balaban J connectivity index is 1.24. The zero-order valence-corrected chi connectivity index (χ0v) is 21.6. The summed E-state index contributed by atoms with van der Waals surface area (Å²) in [5.74, 6) is -0.253. The minimum atomic E-state index is -0.592. The summed E-state index contributed by atoms with van der Waals surface area (Å²) in [5.41, 5.74) is 3.93. The van der Waals surface area contributed by atoms with Crippen molar-refractivity contribution in [1.29, 1.82) is 5.26 Å². The summed E-state index contributed by atoms with van der Waals surface area (Å²) < 4.78 is 29.6. The van der Waals surface area contributed by atoms with Crippen LogP contribution in [0.15, 0.2) is 53.7 Å². The molecular weight excluding hydrogens is 537 g/mol. The number of nitriles is 1. The second-order valence-corrected chi connectivity index (χ2v) is 9.76. The fraction of sp³-hybridized carbons (Fsp3) is 0.107. The van der Waals surface area contributed by atoms with Crippen molar-refractivity contribution >= 4 is 41.2 Å². The topological polar surface area (TPSA) is 139 Å². The van der Waals surface area contributed by atoms with Gasteiger partial charge in [0.2, 0.25) is 12.7 Å². The van der Waals surface area contributed by atoms with Crippen LogP contribution in [0.4, 0.5) is 10.1 Å². The summed E-state index contributed by atoms with van der Waals surface area (Å²) in [6.45, 7) is 1.82. The van der Waals surface area contributed by atoms with Gasteiger partial charge in [-0.05, 0) is 43.3 Å². The summed E-state index contributed by atoms with van der Waals surface area (Å²) in [5, 5.41) is 19.5. The van der Waals surface area contributed by atoms with Gasteiger partial charge in [-0.15, -0.1) is 0 Å². The van der Waals surface area contributed by atoms with Crippen molar-refractivity contribution < 1.29 is 28.2 Å². The Labute approximate surface area is 230 Å². The number of anilines is 1. The molecule has 4 aromatic rings. The molecule has 1 amide bonds. The molecule has 0 bridgehead atoms. The van der Waals surface area contributed by atoms with Crippen LogP contribution in [-0.4, -0.2) is 39.6 Å². The first kappa shape index (κ1) is 25.1. The van der Waals surface area contributed by atoms with E-state index in [0.29, 0.717) is 56.0 Å². The highest BCUT2D eigenvalue weighted by Crippen LogP contribution is 2.39. The molecule has 2 aliphatic heterocycles. The SMILES string of the molecule is Cc1cc2c(c(SCC(=O)Nc3cc4c(cc3C#N)OCO4)n1)C(=O)O/C2=C/c1cn[nH]c1-c1ccc(F)cc1. The third kappa shape index (κ3) is 4.74. The van der Waals surface area contributed by atoms with Crippen molar-refractivity contribution in [1.82, 2.24) is 15.2 Å². The van der Waals surface area contributed by atoms with E-state index in [1.54, 1.807) is 37.4 Å². The number of cyclic esters (lactones) is 1. The molecule has 2 aliphatic rings. The summed E-state index contributed by atoms with van der Waals surface area (Å²) in [6, 6.07) is 12.7. The number of aryl methyl sites for hydroxylation is 1. The third-order valence-electron chi connectivity index (χ3n) is 6.12. The van der Waals surface area contributed by atoms with Crippen LogP contribution in [-0.2, 0) is 9.53 Å². The average molecular weight is 556 g/mol. The second-order valence-electron chi connectivity index (χ2n) is 8.80. The summed E-state index contributed by atoms with van der Waals surface area (Å²) in [4.78, 5) is 30.2. The van der Waals surface area contributed by atoms with Gasteiger partial charge in [0, 0.05) is 34.5 Å². The number of thioether (sulfide) groups is 1. The molecule has 10 nitrogen and oxygen atoms in total. The van der Waals surface area contributed by atoms with E-state index >= 15 is 0 Å². The summed E-state index contributed by atoms with van der Waals surface area (Å²) in [7, 11) is 0. The molecule has 0 radical (unpaired) electrons. The van der Waals surface area contributed by atoms with E-state index in [1.165, 1.54) is 24.3 Å². The number of hydrogen-bond acceptors (Lipinski definition) is 9. The molecule has 2 N–H and O–H groups in total. The number of carbonyl (C=O) groups excluding carboxylic acids is 2. The molecule has 0 fully saturated rings. The standard InChI is InChI=1S/C28H18FN5O5S/c1-14-6-19-21(8-17-11-31-34-26(17)15-2-4-18(29)5-3-15)39-28(36)25(19)27(32-14)40-12-24(35)33-20-9-23-22(37-13-38-23)7-16(20)10-30/h2-9,11H,12-13H2,1H3,(H,31,34)(H,33,35)/b21-8+. The van der Waals surface area contributed by atoms with Crippen molar-refractivity contribution in [3.63, 3.8) is 0 Å². The first-order chi connectivity index (χ1) is 19.4. The molecule has 4 heterocycles. The quantitative estimate of drug-likeness (QED) is 0.251. The number of pyridine rings is 1. The molecule has 0 aliphatic carbocycles. The number of carbonyl (C=O) groups is 2. The number of fused-ring (bicyclic) bond motifs is 2. The van der Waals surface area contributed by atoms with Gasteiger partial charge in [0.1, 0.15) is 28.2 Å². The van der Waals surface area contributed by atoms with Gasteiger partial charge < -0.3 is 19.5 Å². The Morgan fingerprint density at radius 2 is 2.00 bits per heavy atom. The fourth-order valence-electron chi connectivity index (χ4n) is 4.31. The Morgan fingerprint density at radius 3 is 2.77 bits per heavy atom. The van der Waals surface area contributed by atoms with Gasteiger partial charge in [-0.3, -0.25) is 9.89 Å². The van der Waals surface area contributed by atoms with E-state index in [2.05, 4.69) is 20.5 Å². The Kier molecular flexibility index (Phi) is 6.41. The monoisotopic (exact) mass is 555 g/mol. The number of aromatic amines is 1. The van der Waals surface area contributed by atoms with E-state index in [0.717, 1.165) is 11.8 Å². The number of ether oxygens (including phenoxy) is 3. The van der Waals surface area contributed by atoms with Crippen molar-refractivity contribution in [2.24, 2.45) is 0 Å². The molecule has 0 atom stereocenters. The number of amides is 1. The van der Waals surface area contributed by atoms with Crippen LogP contribution >= 0.6 is 11.8 Å². The molecule has 0 saturated heterocycles. The van der Waals surface area contributed by atoms with Crippen molar-refractivity contribution in [2.75, 3.05) is 17.9 Å². The maximum atomic E-state index is 13.4. The lowest BCUT2D eigenvalue weighted by Crippen LogP contribution is -2.15. The van der Waals surface area contributed by atoms with Crippen molar-refractivity contribution in [3.8, 4) is 28.8 Å². The molecular formula is C28H18FN5O5S. The lowest BCUT2D eigenvalue weighted by Gasteiger charge is -2.09. The van der Waals surface area contributed by atoms with Crippen LogP contribution in [0.2, 0.25) is 0 Å². The van der Waals surface area contributed by atoms with Gasteiger partial charge in [-0.1, -0.05) is 11.8 Å². The van der Waals surface area contributed by atoms with Gasteiger partial charge in [-0.2, -0.15) is 10.4 Å². The Morgan fingerprint density at radius 1 is 1.23 bits per heavy atom. The molecule has 6 rings (SSSR count). The Hall–Kier alpha value is -5.15. The van der Waals surface area contributed by atoms with Gasteiger partial charge in [-0.25, -0.2) is 14.2 Å². The normalized spacial score (nSPS) is 14.1. The molecule has 0 spiro atoms. The van der Waals surface area contributed by atoms with Crippen molar-refractivity contribution in [2.45, 2.75) is 11.9 Å². The van der Waals surface area contributed by atoms with Crippen molar-refractivity contribution in [3.05, 3.63) is 82.4 Å². The number of halogens is 1. The van der Waals surface area contributed by atoms with E-state index in [-0.39, 0.29) is 29.5 Å². The van der Waals surface area contributed by atoms with Crippen LogP contribution in [0, 0.1) is 24.1 Å². The number of nitrogens with zero attached hydrogens (tertiary/aromatic N) is 3. The zero-order chi connectivity index (χ0) is 27.8. The zero-order valence-electron chi connectivity index (χ0n) is 20.8. The molecule has 2 aromatic carbocycles. The van der Waals surface area contributed by atoms with E-state index in [4.69, 9.17) is 14.2 Å². The lowest BCUT2D eigenvalue weighted by atomic mass is 10.0. The Bertz CT molecular complexity index is 1760. The first-order valence-corrected chi connectivity index (χ1v) is 12.9. The minimum Gasteiger partial charge on any atom is -0.454 e. The number of esters is 1. The van der Waals surface area contributed by atoms with E-state index in [9.17, 15) is 19.2 Å². The summed E-state index contributed by atoms with van der Waals surface area (Å²) in [6.07, 6.45) is 3.26. The number of H-pyrrole nitrogens is 1. The van der Waals surface area contributed by atoms with E-state index < -0.39 is 11.9 Å². The molecule has 0 unspecified atom stereocenters. The van der Waals surface area contributed by atoms with E-state index in [1.807, 2.05) is 6.07 Å². The van der Waals surface area contributed by atoms with Crippen LogP contribution in [0.5, 0.6) is 11.5 Å². The maximum absolute atomic E-state index is 13.4. The molecule has 40 heavy (non-hydrogen) atoms. The number of rotatable bonds is 6. The minimum absolute atomic E-state index is 0.0400. The number of benzene rings is 2. The second kappa shape index (κ2) is 10.2. The predicted octanol–water partition coefficient (Wildman–Crippen LogP) is 4.92. The largest absolute Gasteiger partial charge is 0.454 e. The highest BCUT2D eigenvalue weighted by molar-refractivity contribution is 8.00. The third-order valence-corrected chi connectivity index (χ3v) is 7.10. The number of aromatic nitrogens is 3. The molecule has 198 valence electrons. The number of hydrogen-bond donors (Lipinski definition) is 2. The molecule has 0 saturated carbocycles. The maximum Gasteiger partial charge on any atom is 0.347 e. The van der Waals surface area contributed by atoms with Crippen LogP contribution < -0.4 is 14.8 Å². The molecule has 12 heteroatoms. The smallest absolute Gasteiger partial charge is 0.347 e. The van der Waals surface area contributed by atoms with Crippen LogP contribution in [0.3, 0.4) is 0 Å². The van der Waals surface area contributed by atoms with Gasteiger partial charge in [0.05, 0.1) is 28.9 Å². The van der Waals surface area contributed by atoms with Gasteiger partial charge >= 0.3 is 5.97 Å². The highest BCUT2D eigenvalue weighted by Gasteiger charge is 2.32.